The molecule has 1 unspecified atom stereocenters. The molecule has 2 aromatic rings. The number of aliphatic carboxylic acids is 2. The van der Waals surface area contributed by atoms with Crippen molar-refractivity contribution in [3.8, 4) is 0 Å². The van der Waals surface area contributed by atoms with Crippen molar-refractivity contribution in [1.29, 1.82) is 0 Å². The van der Waals surface area contributed by atoms with Crippen LogP contribution >= 0.6 is 0 Å². The average Bonchev–Trinajstić information content (AvgIpc) is 3.23. The second-order valence-corrected chi connectivity index (χ2v) is 17.5. The van der Waals surface area contributed by atoms with Gasteiger partial charge in [-0.05, 0) is 55.6 Å². The molecule has 1 saturated heterocycles. The van der Waals surface area contributed by atoms with Gasteiger partial charge in [0.25, 0.3) is 0 Å². The van der Waals surface area contributed by atoms with E-state index >= 15 is 0 Å². The predicted molar refractivity (Wildman–Crippen MR) is 235 cm³/mol. The summed E-state index contributed by atoms with van der Waals surface area (Å²) in [5.74, 6) is -8.98. The molecule has 0 aliphatic carbocycles. The van der Waals surface area contributed by atoms with E-state index in [1.165, 1.54) is 0 Å². The van der Waals surface area contributed by atoms with Gasteiger partial charge in [0.1, 0.15) is 24.7 Å². The Labute approximate surface area is 379 Å². The van der Waals surface area contributed by atoms with Gasteiger partial charge in [0.2, 0.25) is 23.6 Å². The Morgan fingerprint density at radius 1 is 0.692 bits per heavy atom. The molecule has 65 heavy (non-hydrogen) atoms. The van der Waals surface area contributed by atoms with Crippen LogP contribution in [-0.4, -0.2) is 147 Å². The lowest BCUT2D eigenvalue weighted by molar-refractivity contribution is -0.174. The maximum Gasteiger partial charge on any atom is 0.336 e. The van der Waals surface area contributed by atoms with Crippen molar-refractivity contribution in [3.05, 3.63) is 71.8 Å². The van der Waals surface area contributed by atoms with E-state index in [0.29, 0.717) is 38.3 Å². The number of amides is 4. The molecule has 8 N–H and O–H groups in total. The average molecular weight is 912 g/mol. The molecule has 358 valence electrons. The third-order valence-corrected chi connectivity index (χ3v) is 10.6. The summed E-state index contributed by atoms with van der Waals surface area (Å²) in [6.45, 7) is 9.29. The second-order valence-electron chi connectivity index (χ2n) is 17.5. The van der Waals surface area contributed by atoms with Crippen molar-refractivity contribution < 1.29 is 68.3 Å². The maximum atomic E-state index is 14.3. The van der Waals surface area contributed by atoms with Crippen LogP contribution < -0.4 is 21.3 Å². The van der Waals surface area contributed by atoms with Gasteiger partial charge in [0, 0.05) is 19.5 Å². The number of hydrogen-bond acceptors (Lipinski definition) is 13. The number of carboxylic acids is 2. The van der Waals surface area contributed by atoms with E-state index in [1.54, 1.807) is 44.2 Å². The molecule has 1 aliphatic rings. The van der Waals surface area contributed by atoms with Crippen LogP contribution in [0.5, 0.6) is 0 Å². The Kier molecular flexibility index (Phi) is 21.1. The highest BCUT2D eigenvalue weighted by molar-refractivity contribution is 5.98. The zero-order chi connectivity index (χ0) is 48.3. The summed E-state index contributed by atoms with van der Waals surface area (Å²) in [6, 6.07) is 13.2. The summed E-state index contributed by atoms with van der Waals surface area (Å²) in [5.41, 5.74) is -3.92. The highest BCUT2D eigenvalue weighted by Crippen LogP contribution is 2.20. The minimum absolute atomic E-state index is 0.0221. The lowest BCUT2D eigenvalue weighted by Gasteiger charge is -2.31. The number of carbonyl (C=O) groups is 8. The van der Waals surface area contributed by atoms with Crippen LogP contribution in [0.2, 0.25) is 0 Å². The van der Waals surface area contributed by atoms with Gasteiger partial charge in [-0.3, -0.25) is 38.5 Å². The first-order chi connectivity index (χ1) is 30.6. The van der Waals surface area contributed by atoms with Gasteiger partial charge >= 0.3 is 17.9 Å². The molecular formula is C46H65N5O14. The van der Waals surface area contributed by atoms with Crippen LogP contribution in [0.15, 0.2) is 60.7 Å². The third kappa shape index (κ3) is 18.7. The second kappa shape index (κ2) is 25.7. The lowest BCUT2D eigenvalue weighted by Crippen LogP contribution is -2.60. The van der Waals surface area contributed by atoms with E-state index in [9.17, 15) is 53.7 Å². The van der Waals surface area contributed by atoms with Gasteiger partial charge in [-0.25, -0.2) is 4.79 Å². The van der Waals surface area contributed by atoms with Gasteiger partial charge < -0.3 is 51.2 Å². The van der Waals surface area contributed by atoms with E-state index in [-0.39, 0.29) is 50.0 Å². The first-order valence-corrected chi connectivity index (χ1v) is 21.8. The van der Waals surface area contributed by atoms with Crippen LogP contribution in [0.25, 0.3) is 0 Å². The predicted octanol–water partition coefficient (Wildman–Crippen LogP) is 0.769. The van der Waals surface area contributed by atoms with Crippen molar-refractivity contribution in [2.45, 2.75) is 115 Å². The van der Waals surface area contributed by atoms with Gasteiger partial charge in [0.05, 0.1) is 38.6 Å². The molecule has 4 amide bonds. The van der Waals surface area contributed by atoms with E-state index in [2.05, 4.69) is 21.3 Å². The van der Waals surface area contributed by atoms with E-state index < -0.39 is 96.2 Å². The number of aliphatic hydroxyl groups is 2. The van der Waals surface area contributed by atoms with Crippen LogP contribution in [-0.2, 0) is 60.7 Å². The molecule has 1 fully saturated rings. The summed E-state index contributed by atoms with van der Waals surface area (Å²) in [5, 5.41) is 50.9. The molecule has 19 heteroatoms. The number of morpholine rings is 1. The highest BCUT2D eigenvalue weighted by atomic mass is 16.5. The number of rotatable bonds is 27. The molecule has 0 aromatic heterocycles. The molecule has 0 radical (unpaired) electrons. The minimum atomic E-state index is -3.02. The van der Waals surface area contributed by atoms with Crippen molar-refractivity contribution in [2.24, 2.45) is 11.8 Å². The zero-order valence-corrected chi connectivity index (χ0v) is 37.7. The molecule has 1 heterocycles. The number of benzene rings is 2. The minimum Gasteiger partial charge on any atom is -0.481 e. The Balaban J connectivity index is 1.84. The summed E-state index contributed by atoms with van der Waals surface area (Å²) < 4.78 is 10.3. The van der Waals surface area contributed by atoms with Gasteiger partial charge in [-0.15, -0.1) is 0 Å². The SMILES string of the molecule is CC(C)C[C@H](NC(=O)[C@H](CCc1ccccc1)NC(=O)CN1CCOCC1)C(=O)N[C@@H](Cc1ccccc1)C(=O)N[C@@H](CC(C)C)C(=O)[C@](C)(O)COC(=O)CC(O)(CC(=O)O)C(=O)O. The molecular weight excluding hydrogens is 847 g/mol. The Morgan fingerprint density at radius 2 is 1.20 bits per heavy atom. The number of esters is 1. The number of hydrogen-bond donors (Lipinski definition) is 8. The zero-order valence-electron chi connectivity index (χ0n) is 37.7. The largest absolute Gasteiger partial charge is 0.481 e. The van der Waals surface area contributed by atoms with Crippen LogP contribution in [0.4, 0.5) is 0 Å². The fraction of sp³-hybridized carbons (Fsp3) is 0.565. The third-order valence-electron chi connectivity index (χ3n) is 10.6. The van der Waals surface area contributed by atoms with Gasteiger partial charge in [-0.2, -0.15) is 0 Å². The molecule has 19 nitrogen and oxygen atoms in total. The fourth-order valence-electron chi connectivity index (χ4n) is 7.13. The van der Waals surface area contributed by atoms with Crippen molar-refractivity contribution in [1.82, 2.24) is 26.2 Å². The Hall–Kier alpha value is -5.76. The molecule has 6 atom stereocenters. The monoisotopic (exact) mass is 911 g/mol. The first-order valence-electron chi connectivity index (χ1n) is 21.8. The maximum absolute atomic E-state index is 14.3. The highest BCUT2D eigenvalue weighted by Gasteiger charge is 2.44. The number of ether oxygens (including phenoxy) is 2. The molecule has 0 saturated carbocycles. The number of carbonyl (C=O) groups excluding carboxylic acids is 6. The van der Waals surface area contributed by atoms with Crippen LogP contribution in [0.1, 0.15) is 77.8 Å². The quantitative estimate of drug-likeness (QED) is 0.0575. The number of Topliss-reactive ketones (excluding diaryl/α,β-unsaturated/α-hetero) is 1. The van der Waals surface area contributed by atoms with Gasteiger partial charge in [0.15, 0.2) is 17.0 Å². The number of ketones is 1. The molecule has 2 aromatic carbocycles. The number of nitrogens with zero attached hydrogens (tertiary/aromatic N) is 1. The Morgan fingerprint density at radius 3 is 1.75 bits per heavy atom. The molecule has 3 rings (SSSR count). The van der Waals surface area contributed by atoms with E-state index in [0.717, 1.165) is 12.5 Å². The number of aryl methyl sites for hydroxylation is 1. The van der Waals surface area contributed by atoms with Crippen molar-refractivity contribution in [2.75, 3.05) is 39.5 Å². The first kappa shape index (κ1) is 53.6. The van der Waals surface area contributed by atoms with Crippen LogP contribution in [0, 0.1) is 11.8 Å². The summed E-state index contributed by atoms with van der Waals surface area (Å²) in [4.78, 5) is 107. The number of carboxylic acid groups (broad SMARTS) is 2. The molecule has 1 aliphatic heterocycles. The van der Waals surface area contributed by atoms with Gasteiger partial charge in [-0.1, -0.05) is 88.4 Å². The lowest BCUT2D eigenvalue weighted by atomic mass is 9.90. The molecule has 0 spiro atoms. The summed E-state index contributed by atoms with van der Waals surface area (Å²) >= 11 is 0. The Bertz CT molecular complexity index is 1920. The van der Waals surface area contributed by atoms with Crippen molar-refractivity contribution >= 4 is 47.3 Å². The summed E-state index contributed by atoms with van der Waals surface area (Å²) in [7, 11) is 0. The topological polar surface area (TPSA) is 287 Å². The van der Waals surface area contributed by atoms with Crippen molar-refractivity contribution in [3.63, 3.8) is 0 Å². The fourth-order valence-corrected chi connectivity index (χ4v) is 7.13. The van der Waals surface area contributed by atoms with E-state index in [4.69, 9.17) is 14.6 Å². The standard InChI is InChI=1S/C46H65N5O14/c1-29(2)22-34(40(56)45(5,62)28-65-39(55)26-46(63,44(60)61)25-38(53)54)48-43(59)36(24-32-14-10-7-11-15-32)50-42(58)35(23-30(3)4)49-41(57)33(17-16-31-12-8-6-9-13-31)47-37(52)27-51-18-20-64-21-19-51/h6-15,29-30,33-36,62-63H,16-28H2,1-5H3,(H,47,52)(H,48,59)(H,49,57)(H,50,58)(H,53,54)(H,60,61)/t33-,34-,35-,36-,45+,46?/m0/s1. The summed E-state index contributed by atoms with van der Waals surface area (Å²) in [6.07, 6.45) is -1.89. The normalized spacial score (nSPS) is 16.7. The number of nitrogens with one attached hydrogen (secondary N) is 4. The smallest absolute Gasteiger partial charge is 0.336 e. The molecule has 0 bridgehead atoms. The van der Waals surface area contributed by atoms with Crippen LogP contribution in [0.3, 0.4) is 0 Å². The van der Waals surface area contributed by atoms with E-state index in [1.807, 2.05) is 49.1 Å².